The smallest absolute Gasteiger partial charge is 0.00673 e. The van der Waals surface area contributed by atoms with E-state index in [4.69, 9.17) is 5.73 Å². The Morgan fingerprint density at radius 1 is 1.10 bits per heavy atom. The predicted octanol–water partition coefficient (Wildman–Crippen LogP) is 1.77. The zero-order valence-electron chi connectivity index (χ0n) is 6.72. The summed E-state index contributed by atoms with van der Waals surface area (Å²) in [6.07, 6.45) is 5.67. The molecule has 58 valence electrons. The van der Waals surface area contributed by atoms with Crippen molar-refractivity contribution in [2.75, 3.05) is 0 Å². The van der Waals surface area contributed by atoms with Crippen molar-refractivity contribution in [1.29, 1.82) is 0 Å². The summed E-state index contributed by atoms with van der Waals surface area (Å²) in [6.45, 7) is 2.33. The SMILES string of the molecule is CC1C(N)CCC1C1CC1. The minimum absolute atomic E-state index is 0.519. The lowest BCUT2D eigenvalue weighted by molar-refractivity contribution is 0.352. The van der Waals surface area contributed by atoms with Crippen LogP contribution in [0, 0.1) is 17.8 Å². The molecule has 0 bridgehead atoms. The number of hydrogen-bond acceptors (Lipinski definition) is 1. The lowest BCUT2D eigenvalue weighted by Crippen LogP contribution is -2.25. The van der Waals surface area contributed by atoms with E-state index in [0.29, 0.717) is 6.04 Å². The van der Waals surface area contributed by atoms with Gasteiger partial charge in [-0.25, -0.2) is 0 Å². The number of hydrogen-bond donors (Lipinski definition) is 1. The molecule has 0 saturated heterocycles. The largest absolute Gasteiger partial charge is 0.327 e. The van der Waals surface area contributed by atoms with Gasteiger partial charge in [0.2, 0.25) is 0 Å². The Morgan fingerprint density at radius 3 is 2.20 bits per heavy atom. The van der Waals surface area contributed by atoms with Crippen molar-refractivity contribution in [2.45, 2.75) is 38.6 Å². The Bertz CT molecular complexity index is 129. The third kappa shape index (κ3) is 0.968. The second kappa shape index (κ2) is 2.23. The van der Waals surface area contributed by atoms with E-state index in [9.17, 15) is 0 Å². The molecule has 3 unspecified atom stereocenters. The Balaban J connectivity index is 1.96. The first-order valence-electron chi connectivity index (χ1n) is 4.54. The fourth-order valence-electron chi connectivity index (χ4n) is 2.42. The van der Waals surface area contributed by atoms with E-state index in [1.54, 1.807) is 0 Å². The molecule has 2 N–H and O–H groups in total. The average Bonchev–Trinajstić information content (AvgIpc) is 2.67. The molecule has 1 nitrogen and oxygen atoms in total. The van der Waals surface area contributed by atoms with Crippen molar-refractivity contribution in [3.63, 3.8) is 0 Å². The molecular weight excluding hydrogens is 122 g/mol. The van der Waals surface area contributed by atoms with E-state index in [1.165, 1.54) is 25.7 Å². The van der Waals surface area contributed by atoms with Crippen molar-refractivity contribution >= 4 is 0 Å². The van der Waals surface area contributed by atoms with E-state index in [-0.39, 0.29) is 0 Å². The van der Waals surface area contributed by atoms with Crippen molar-refractivity contribution < 1.29 is 0 Å². The molecule has 0 aromatic carbocycles. The van der Waals surface area contributed by atoms with Crippen molar-refractivity contribution in [1.82, 2.24) is 0 Å². The molecule has 0 radical (unpaired) electrons. The van der Waals surface area contributed by atoms with Crippen LogP contribution in [-0.2, 0) is 0 Å². The molecule has 2 aliphatic rings. The molecule has 0 aromatic rings. The van der Waals surface area contributed by atoms with E-state index in [2.05, 4.69) is 6.92 Å². The third-order valence-corrected chi connectivity index (χ3v) is 3.41. The summed E-state index contributed by atoms with van der Waals surface area (Å²) in [6, 6.07) is 0.519. The average molecular weight is 139 g/mol. The second-order valence-corrected chi connectivity index (χ2v) is 4.10. The maximum atomic E-state index is 5.93. The fraction of sp³-hybridized carbons (Fsp3) is 1.00. The Morgan fingerprint density at radius 2 is 1.80 bits per heavy atom. The van der Waals surface area contributed by atoms with Gasteiger partial charge in [0.25, 0.3) is 0 Å². The third-order valence-electron chi connectivity index (χ3n) is 3.41. The first-order valence-corrected chi connectivity index (χ1v) is 4.54. The van der Waals surface area contributed by atoms with Crippen LogP contribution in [0.2, 0.25) is 0 Å². The first kappa shape index (κ1) is 6.66. The standard InChI is InChI=1S/C9H17N/c1-6-8(7-2-3-7)4-5-9(6)10/h6-9H,2-5,10H2,1H3. The highest BCUT2D eigenvalue weighted by Crippen LogP contribution is 2.47. The molecule has 2 fully saturated rings. The van der Waals surface area contributed by atoms with E-state index in [1.807, 2.05) is 0 Å². The Kier molecular flexibility index (Phi) is 1.48. The van der Waals surface area contributed by atoms with Gasteiger partial charge in [0.05, 0.1) is 0 Å². The highest BCUT2D eigenvalue weighted by molar-refractivity contribution is 4.92. The maximum absolute atomic E-state index is 5.93. The predicted molar refractivity (Wildman–Crippen MR) is 42.6 cm³/mol. The molecule has 10 heavy (non-hydrogen) atoms. The van der Waals surface area contributed by atoms with Gasteiger partial charge in [-0.1, -0.05) is 6.92 Å². The molecular formula is C9H17N. The quantitative estimate of drug-likeness (QED) is 0.588. The molecule has 2 aliphatic carbocycles. The van der Waals surface area contributed by atoms with Crippen LogP contribution in [0.3, 0.4) is 0 Å². The van der Waals surface area contributed by atoms with Crippen LogP contribution >= 0.6 is 0 Å². The van der Waals surface area contributed by atoms with E-state index in [0.717, 1.165) is 17.8 Å². The minimum atomic E-state index is 0.519. The van der Waals surface area contributed by atoms with E-state index < -0.39 is 0 Å². The Hall–Kier alpha value is -0.0400. The van der Waals surface area contributed by atoms with Crippen LogP contribution < -0.4 is 5.73 Å². The van der Waals surface area contributed by atoms with Gasteiger partial charge in [-0.15, -0.1) is 0 Å². The van der Waals surface area contributed by atoms with Crippen molar-refractivity contribution in [2.24, 2.45) is 23.5 Å². The lowest BCUT2D eigenvalue weighted by Gasteiger charge is -2.16. The first-order chi connectivity index (χ1) is 4.79. The van der Waals surface area contributed by atoms with Gasteiger partial charge >= 0.3 is 0 Å². The lowest BCUT2D eigenvalue weighted by atomic mass is 9.92. The highest BCUT2D eigenvalue weighted by Gasteiger charge is 2.40. The van der Waals surface area contributed by atoms with Crippen LogP contribution in [0.4, 0.5) is 0 Å². The number of rotatable bonds is 1. The zero-order valence-corrected chi connectivity index (χ0v) is 6.72. The van der Waals surface area contributed by atoms with Gasteiger partial charge in [-0.2, -0.15) is 0 Å². The van der Waals surface area contributed by atoms with Gasteiger partial charge < -0.3 is 5.73 Å². The van der Waals surface area contributed by atoms with Gasteiger partial charge in [0, 0.05) is 6.04 Å². The van der Waals surface area contributed by atoms with Crippen LogP contribution in [0.5, 0.6) is 0 Å². The topological polar surface area (TPSA) is 26.0 Å². The van der Waals surface area contributed by atoms with Gasteiger partial charge in [0.1, 0.15) is 0 Å². The maximum Gasteiger partial charge on any atom is 0.00673 e. The van der Waals surface area contributed by atoms with E-state index >= 15 is 0 Å². The van der Waals surface area contributed by atoms with Crippen LogP contribution in [0.15, 0.2) is 0 Å². The monoisotopic (exact) mass is 139 g/mol. The molecule has 2 rings (SSSR count). The van der Waals surface area contributed by atoms with Crippen molar-refractivity contribution in [3.8, 4) is 0 Å². The summed E-state index contributed by atoms with van der Waals surface area (Å²) < 4.78 is 0. The zero-order chi connectivity index (χ0) is 7.14. The summed E-state index contributed by atoms with van der Waals surface area (Å²) in [5.74, 6) is 2.88. The summed E-state index contributed by atoms with van der Waals surface area (Å²) in [4.78, 5) is 0. The highest BCUT2D eigenvalue weighted by atomic mass is 14.7. The molecule has 2 saturated carbocycles. The molecule has 0 amide bonds. The Labute approximate surface area is 63.0 Å². The van der Waals surface area contributed by atoms with Crippen LogP contribution in [0.1, 0.15) is 32.6 Å². The summed E-state index contributed by atoms with van der Waals surface area (Å²) >= 11 is 0. The normalized spacial score (nSPS) is 48.0. The van der Waals surface area contributed by atoms with Gasteiger partial charge in [0.15, 0.2) is 0 Å². The molecule has 1 heteroatoms. The molecule has 3 atom stereocenters. The fourth-order valence-corrected chi connectivity index (χ4v) is 2.42. The molecule has 0 heterocycles. The second-order valence-electron chi connectivity index (χ2n) is 4.10. The number of nitrogens with two attached hydrogens (primary N) is 1. The summed E-state index contributed by atoms with van der Waals surface area (Å²) in [7, 11) is 0. The van der Waals surface area contributed by atoms with Crippen LogP contribution in [-0.4, -0.2) is 6.04 Å². The summed E-state index contributed by atoms with van der Waals surface area (Å²) in [5.41, 5.74) is 5.93. The molecule has 0 spiro atoms. The summed E-state index contributed by atoms with van der Waals surface area (Å²) in [5, 5.41) is 0. The van der Waals surface area contributed by atoms with Gasteiger partial charge in [-0.3, -0.25) is 0 Å². The minimum Gasteiger partial charge on any atom is -0.327 e. The molecule has 0 aliphatic heterocycles. The van der Waals surface area contributed by atoms with Crippen LogP contribution in [0.25, 0.3) is 0 Å². The molecule has 0 aromatic heterocycles. The van der Waals surface area contributed by atoms with Gasteiger partial charge in [-0.05, 0) is 43.4 Å². The van der Waals surface area contributed by atoms with Crippen molar-refractivity contribution in [3.05, 3.63) is 0 Å².